The normalized spacial score (nSPS) is 13.1. The van der Waals surface area contributed by atoms with Crippen molar-refractivity contribution in [1.29, 1.82) is 0 Å². The van der Waals surface area contributed by atoms with Crippen molar-refractivity contribution >= 4 is 23.1 Å². The summed E-state index contributed by atoms with van der Waals surface area (Å²) in [5, 5.41) is 19.6. The highest BCUT2D eigenvalue weighted by Crippen LogP contribution is 2.20. The fourth-order valence-electron chi connectivity index (χ4n) is 0.865. The van der Waals surface area contributed by atoms with E-state index in [1.165, 1.54) is 0 Å². The molecule has 74 valence electrons. The molecular formula is C7H13N3OS2. The van der Waals surface area contributed by atoms with Crippen LogP contribution in [0.25, 0.3) is 0 Å². The zero-order valence-electron chi connectivity index (χ0n) is 7.43. The summed E-state index contributed by atoms with van der Waals surface area (Å²) in [6.07, 6.45) is 0.780. The van der Waals surface area contributed by atoms with Crippen LogP contribution in [0.3, 0.4) is 0 Å². The van der Waals surface area contributed by atoms with E-state index in [9.17, 15) is 0 Å². The molecule has 0 saturated carbocycles. The summed E-state index contributed by atoms with van der Waals surface area (Å²) in [5.41, 5.74) is 1.72. The molecule has 0 radical (unpaired) electrons. The van der Waals surface area contributed by atoms with Crippen LogP contribution >= 0.6 is 23.1 Å². The maximum Gasteiger partial charge on any atom is 0.174 e. The molecule has 0 fully saturated rings. The number of hydrogen-bond acceptors (Lipinski definition) is 6. The molecule has 1 atom stereocenters. The van der Waals surface area contributed by atoms with Gasteiger partial charge in [-0.25, -0.2) is 0 Å². The molecule has 0 amide bonds. The van der Waals surface area contributed by atoms with Crippen molar-refractivity contribution in [3.63, 3.8) is 0 Å². The van der Waals surface area contributed by atoms with Gasteiger partial charge in [-0.3, -0.25) is 0 Å². The highest BCUT2D eigenvalue weighted by molar-refractivity contribution is 8.01. The second-order valence-electron chi connectivity index (χ2n) is 2.51. The van der Waals surface area contributed by atoms with Gasteiger partial charge in [0.15, 0.2) is 4.34 Å². The summed E-state index contributed by atoms with van der Waals surface area (Å²) in [5.74, 6) is 0.923. The first kappa shape index (κ1) is 10.9. The van der Waals surface area contributed by atoms with Crippen molar-refractivity contribution < 1.29 is 5.11 Å². The molecule has 2 N–H and O–H groups in total. The van der Waals surface area contributed by atoms with Gasteiger partial charge in [0.05, 0.1) is 0 Å². The van der Waals surface area contributed by atoms with Crippen molar-refractivity contribution in [3.8, 4) is 0 Å². The van der Waals surface area contributed by atoms with E-state index < -0.39 is 0 Å². The summed E-state index contributed by atoms with van der Waals surface area (Å²) in [4.78, 5) is 0. The first-order valence-corrected chi connectivity index (χ1v) is 5.90. The van der Waals surface area contributed by atoms with E-state index in [0.717, 1.165) is 16.5 Å². The van der Waals surface area contributed by atoms with Crippen LogP contribution in [0, 0.1) is 0 Å². The minimum absolute atomic E-state index is 0.224. The molecule has 0 spiro atoms. The fraction of sp³-hybridized carbons (Fsp3) is 0.714. The van der Waals surface area contributed by atoms with Crippen LogP contribution in [0.1, 0.15) is 6.42 Å². The Kier molecular flexibility index (Phi) is 5.29. The summed E-state index contributed by atoms with van der Waals surface area (Å²) in [7, 11) is 1.90. The van der Waals surface area contributed by atoms with E-state index in [2.05, 4.69) is 15.5 Å². The topological polar surface area (TPSA) is 58.0 Å². The van der Waals surface area contributed by atoms with Gasteiger partial charge in [-0.2, -0.15) is 0 Å². The molecule has 0 aliphatic rings. The Hall–Kier alpha value is -0.170. The summed E-state index contributed by atoms with van der Waals surface area (Å²) >= 11 is 3.21. The number of hydrogen-bond donors (Lipinski definition) is 2. The van der Waals surface area contributed by atoms with Crippen molar-refractivity contribution in [2.24, 2.45) is 0 Å². The Morgan fingerprint density at radius 2 is 2.62 bits per heavy atom. The van der Waals surface area contributed by atoms with Crippen LogP contribution in [0.5, 0.6) is 0 Å². The van der Waals surface area contributed by atoms with Crippen LogP contribution in [0.4, 0.5) is 0 Å². The number of aromatic nitrogens is 2. The van der Waals surface area contributed by atoms with Crippen LogP contribution in [0.15, 0.2) is 9.85 Å². The summed E-state index contributed by atoms with van der Waals surface area (Å²) < 4.78 is 0.984. The number of nitrogens with one attached hydrogen (secondary N) is 1. The highest BCUT2D eigenvalue weighted by Gasteiger charge is 2.06. The molecule has 0 aliphatic carbocycles. The molecule has 6 heteroatoms. The summed E-state index contributed by atoms with van der Waals surface area (Å²) in [6, 6.07) is 0.346. The molecule has 1 unspecified atom stereocenters. The molecule has 0 saturated heterocycles. The Morgan fingerprint density at radius 3 is 3.15 bits per heavy atom. The van der Waals surface area contributed by atoms with E-state index in [-0.39, 0.29) is 6.61 Å². The number of rotatable bonds is 6. The number of thioether (sulfide) groups is 1. The van der Waals surface area contributed by atoms with Gasteiger partial charge in [-0.05, 0) is 13.5 Å². The van der Waals surface area contributed by atoms with Crippen LogP contribution < -0.4 is 5.32 Å². The average molecular weight is 219 g/mol. The standard InChI is InChI=1S/C7H13N3OS2/c1-8-6(2-3-11)4-12-7-10-9-5-13-7/h5-6,8,11H,2-4H2,1H3. The van der Waals surface area contributed by atoms with Crippen LogP contribution in [0.2, 0.25) is 0 Å². The fourth-order valence-corrected chi connectivity index (χ4v) is 2.53. The van der Waals surface area contributed by atoms with Crippen molar-refractivity contribution in [3.05, 3.63) is 5.51 Å². The first-order chi connectivity index (χ1) is 6.36. The maximum atomic E-state index is 8.75. The van der Waals surface area contributed by atoms with Crippen molar-refractivity contribution in [1.82, 2.24) is 15.5 Å². The zero-order valence-corrected chi connectivity index (χ0v) is 9.07. The van der Waals surface area contributed by atoms with Gasteiger partial charge >= 0.3 is 0 Å². The molecule has 1 heterocycles. The highest BCUT2D eigenvalue weighted by atomic mass is 32.2. The molecule has 1 aromatic rings. The quantitative estimate of drug-likeness (QED) is 0.686. The monoisotopic (exact) mass is 219 g/mol. The lowest BCUT2D eigenvalue weighted by Gasteiger charge is -2.12. The van der Waals surface area contributed by atoms with E-state index >= 15 is 0 Å². The third-order valence-electron chi connectivity index (χ3n) is 1.63. The molecule has 0 aromatic carbocycles. The lowest BCUT2D eigenvalue weighted by Crippen LogP contribution is -2.28. The Labute approximate surface area is 85.8 Å². The molecule has 13 heavy (non-hydrogen) atoms. The van der Waals surface area contributed by atoms with Gasteiger partial charge in [0, 0.05) is 18.4 Å². The predicted molar refractivity (Wildman–Crippen MR) is 55.2 cm³/mol. The second kappa shape index (κ2) is 6.31. The molecule has 0 aliphatic heterocycles. The Bertz CT molecular complexity index is 218. The largest absolute Gasteiger partial charge is 0.396 e. The summed E-state index contributed by atoms with van der Waals surface area (Å²) in [6.45, 7) is 0.224. The third-order valence-corrected chi connectivity index (χ3v) is 3.66. The molecular weight excluding hydrogens is 206 g/mol. The lowest BCUT2D eigenvalue weighted by molar-refractivity contribution is 0.273. The van der Waals surface area contributed by atoms with E-state index in [1.54, 1.807) is 28.6 Å². The molecule has 0 bridgehead atoms. The van der Waals surface area contributed by atoms with E-state index in [4.69, 9.17) is 5.11 Å². The maximum absolute atomic E-state index is 8.75. The Morgan fingerprint density at radius 1 is 1.77 bits per heavy atom. The van der Waals surface area contributed by atoms with Gasteiger partial charge in [-0.1, -0.05) is 23.1 Å². The van der Waals surface area contributed by atoms with Gasteiger partial charge in [-0.15, -0.1) is 10.2 Å². The number of aliphatic hydroxyl groups is 1. The van der Waals surface area contributed by atoms with Gasteiger partial charge in [0.2, 0.25) is 0 Å². The van der Waals surface area contributed by atoms with Crippen molar-refractivity contribution in [2.75, 3.05) is 19.4 Å². The third kappa shape index (κ3) is 4.04. The SMILES string of the molecule is CNC(CCO)CSc1nncs1. The first-order valence-electron chi connectivity index (χ1n) is 4.04. The molecule has 4 nitrogen and oxygen atoms in total. The predicted octanol–water partition coefficient (Wildman–Crippen LogP) is 0.601. The lowest BCUT2D eigenvalue weighted by atomic mass is 10.2. The number of nitrogens with zero attached hydrogens (tertiary/aromatic N) is 2. The van der Waals surface area contributed by atoms with Crippen LogP contribution in [-0.4, -0.2) is 40.8 Å². The second-order valence-corrected chi connectivity index (χ2v) is 4.61. The molecule has 1 aromatic heterocycles. The number of aliphatic hydroxyl groups excluding tert-OH is 1. The smallest absolute Gasteiger partial charge is 0.174 e. The zero-order chi connectivity index (χ0) is 9.52. The van der Waals surface area contributed by atoms with Crippen molar-refractivity contribution in [2.45, 2.75) is 16.8 Å². The minimum atomic E-state index is 0.224. The van der Waals surface area contributed by atoms with Gasteiger partial charge in [0.25, 0.3) is 0 Å². The average Bonchev–Trinajstić information content (AvgIpc) is 2.64. The van der Waals surface area contributed by atoms with E-state index in [1.807, 2.05) is 7.05 Å². The van der Waals surface area contributed by atoms with Gasteiger partial charge in [0.1, 0.15) is 5.51 Å². The Balaban J connectivity index is 2.23. The minimum Gasteiger partial charge on any atom is -0.396 e. The van der Waals surface area contributed by atoms with E-state index in [0.29, 0.717) is 6.04 Å². The molecule has 1 rings (SSSR count). The van der Waals surface area contributed by atoms with Gasteiger partial charge < -0.3 is 10.4 Å². The van der Waals surface area contributed by atoms with Crippen LogP contribution in [-0.2, 0) is 0 Å².